The predicted octanol–water partition coefficient (Wildman–Crippen LogP) is -0.482. The summed E-state index contributed by atoms with van der Waals surface area (Å²) in [6.45, 7) is 3.36. The van der Waals surface area contributed by atoms with Crippen molar-refractivity contribution in [3.63, 3.8) is 0 Å². The Hall–Kier alpha value is -0.440. The van der Waals surface area contributed by atoms with Crippen molar-refractivity contribution in [2.75, 3.05) is 59.4 Å². The number of rotatable bonds is 13. The molecule has 0 heterocycles. The number of ether oxygens (including phenoxy) is 4. The van der Waals surface area contributed by atoms with E-state index in [1.807, 2.05) is 0 Å². The first-order valence-corrected chi connectivity index (χ1v) is 5.50. The minimum Gasteiger partial charge on any atom is -0.480 e. The van der Waals surface area contributed by atoms with Gasteiger partial charge in [0.25, 0.3) is 0 Å². The van der Waals surface area contributed by atoms with Crippen molar-refractivity contribution in [1.82, 2.24) is 0 Å². The van der Waals surface area contributed by atoms with Gasteiger partial charge in [-0.25, -0.2) is 4.79 Å². The van der Waals surface area contributed by atoms with E-state index in [0.29, 0.717) is 46.2 Å². The molecule has 0 aliphatic carbocycles. The zero-order valence-corrected chi connectivity index (χ0v) is 11.2. The monoisotopic (exact) mass is 287 g/mol. The molecule has 0 aromatic rings. The molecule has 110 valence electrons. The Morgan fingerprint density at radius 2 is 1.22 bits per heavy atom. The molecule has 0 atom stereocenters. The molecule has 0 saturated carbocycles. The number of aliphatic carboxylic acids is 1. The van der Waals surface area contributed by atoms with Crippen LogP contribution in [-0.4, -0.2) is 70.5 Å². The number of carbonyl (C=O) groups is 1. The van der Waals surface area contributed by atoms with E-state index in [1.54, 1.807) is 0 Å². The van der Waals surface area contributed by atoms with Crippen molar-refractivity contribution >= 4 is 18.4 Å². The van der Waals surface area contributed by atoms with Gasteiger partial charge >= 0.3 is 5.97 Å². The maximum atomic E-state index is 10.1. The van der Waals surface area contributed by atoms with Crippen LogP contribution in [0.15, 0.2) is 0 Å². The fourth-order valence-corrected chi connectivity index (χ4v) is 0.903. The van der Waals surface area contributed by atoms with Gasteiger partial charge in [-0.1, -0.05) is 0 Å². The topological polar surface area (TPSA) is 100 Å². The largest absolute Gasteiger partial charge is 0.480 e. The molecule has 8 heteroatoms. The molecule has 0 aromatic carbocycles. The Kier molecular flexibility index (Phi) is 18.3. The highest BCUT2D eigenvalue weighted by atomic mass is 35.5. The van der Waals surface area contributed by atoms with E-state index in [2.05, 4.69) is 0 Å². The lowest BCUT2D eigenvalue weighted by Crippen LogP contribution is -2.15. The number of nitrogens with two attached hydrogens (primary N) is 1. The Morgan fingerprint density at radius 1 is 0.833 bits per heavy atom. The van der Waals surface area contributed by atoms with Crippen molar-refractivity contribution in [3.05, 3.63) is 0 Å². The Labute approximate surface area is 113 Å². The Bertz CT molecular complexity index is 184. The van der Waals surface area contributed by atoms with E-state index in [-0.39, 0.29) is 25.6 Å². The van der Waals surface area contributed by atoms with Crippen LogP contribution in [0, 0.1) is 0 Å². The second-order valence-electron chi connectivity index (χ2n) is 3.07. The molecule has 0 unspecified atom stereocenters. The minimum absolute atomic E-state index is 0. The number of hydrogen-bond donors (Lipinski definition) is 2. The van der Waals surface area contributed by atoms with Crippen LogP contribution in [0.25, 0.3) is 0 Å². The molecule has 0 spiro atoms. The fourth-order valence-electron chi connectivity index (χ4n) is 0.903. The zero-order valence-electron chi connectivity index (χ0n) is 10.3. The average Bonchev–Trinajstić information content (AvgIpc) is 2.30. The van der Waals surface area contributed by atoms with Gasteiger partial charge in [0, 0.05) is 6.54 Å². The Balaban J connectivity index is 0. The van der Waals surface area contributed by atoms with Crippen LogP contribution in [-0.2, 0) is 23.7 Å². The molecule has 18 heavy (non-hydrogen) atoms. The molecule has 3 N–H and O–H groups in total. The van der Waals surface area contributed by atoms with Gasteiger partial charge in [-0.2, -0.15) is 0 Å². The number of halogens is 1. The highest BCUT2D eigenvalue weighted by molar-refractivity contribution is 5.85. The summed E-state index contributed by atoms with van der Waals surface area (Å²) in [5.74, 6) is -0.981. The van der Waals surface area contributed by atoms with Gasteiger partial charge in [-0.15, -0.1) is 12.4 Å². The highest BCUT2D eigenvalue weighted by Crippen LogP contribution is 1.82. The van der Waals surface area contributed by atoms with Crippen LogP contribution in [0.3, 0.4) is 0 Å². The van der Waals surface area contributed by atoms with Crippen molar-refractivity contribution in [2.24, 2.45) is 5.73 Å². The van der Waals surface area contributed by atoms with Gasteiger partial charge < -0.3 is 29.8 Å². The third kappa shape index (κ3) is 17.9. The predicted molar refractivity (Wildman–Crippen MR) is 67.2 cm³/mol. The summed E-state index contributed by atoms with van der Waals surface area (Å²) in [4.78, 5) is 10.1. The van der Waals surface area contributed by atoms with E-state index in [4.69, 9.17) is 29.8 Å². The van der Waals surface area contributed by atoms with Crippen molar-refractivity contribution < 1.29 is 28.8 Å². The first kappa shape index (κ1) is 19.9. The normalized spacial score (nSPS) is 10.1. The third-order valence-electron chi connectivity index (χ3n) is 1.60. The Morgan fingerprint density at radius 3 is 1.61 bits per heavy atom. The molecule has 0 rings (SSSR count). The third-order valence-corrected chi connectivity index (χ3v) is 1.60. The molecule has 0 amide bonds. The molecule has 0 aromatic heterocycles. The van der Waals surface area contributed by atoms with Crippen molar-refractivity contribution in [1.29, 1.82) is 0 Å². The second-order valence-corrected chi connectivity index (χ2v) is 3.07. The molecule has 7 nitrogen and oxygen atoms in total. The van der Waals surface area contributed by atoms with Crippen LogP contribution in [0.5, 0.6) is 0 Å². The standard InChI is InChI=1S/C10H21NO6.ClH/c11-1-2-14-3-4-15-5-6-16-7-8-17-9-10(12)13;/h1-9,11H2,(H,12,13);1H. The van der Waals surface area contributed by atoms with Gasteiger partial charge in [-0.3, -0.25) is 0 Å². The molecule has 0 aliphatic heterocycles. The molecule has 0 bridgehead atoms. The SMILES string of the molecule is Cl.NCCOCCOCCOCCOCC(=O)O. The highest BCUT2D eigenvalue weighted by Gasteiger charge is 1.95. The summed E-state index contributed by atoms with van der Waals surface area (Å²) in [7, 11) is 0. The van der Waals surface area contributed by atoms with E-state index in [1.165, 1.54) is 0 Å². The van der Waals surface area contributed by atoms with Crippen LogP contribution in [0.4, 0.5) is 0 Å². The maximum Gasteiger partial charge on any atom is 0.329 e. The molecular weight excluding hydrogens is 266 g/mol. The van der Waals surface area contributed by atoms with Crippen LogP contribution in [0.2, 0.25) is 0 Å². The van der Waals surface area contributed by atoms with Crippen molar-refractivity contribution in [2.45, 2.75) is 0 Å². The van der Waals surface area contributed by atoms with Gasteiger partial charge in [0.15, 0.2) is 0 Å². The van der Waals surface area contributed by atoms with Gasteiger partial charge in [0.05, 0.1) is 46.2 Å². The van der Waals surface area contributed by atoms with E-state index >= 15 is 0 Å². The number of hydrogen-bond acceptors (Lipinski definition) is 6. The summed E-state index contributed by atoms with van der Waals surface area (Å²) in [5.41, 5.74) is 5.23. The van der Waals surface area contributed by atoms with Gasteiger partial charge in [0.1, 0.15) is 6.61 Å². The zero-order chi connectivity index (χ0) is 12.8. The first-order chi connectivity index (χ1) is 8.27. The smallest absolute Gasteiger partial charge is 0.329 e. The van der Waals surface area contributed by atoms with E-state index < -0.39 is 5.97 Å². The second kappa shape index (κ2) is 16.6. The summed E-state index contributed by atoms with van der Waals surface area (Å²) in [6, 6.07) is 0. The van der Waals surface area contributed by atoms with Gasteiger partial charge in [0.2, 0.25) is 0 Å². The molecule has 0 aliphatic rings. The molecule has 0 saturated heterocycles. The molecular formula is C10H22ClNO6. The van der Waals surface area contributed by atoms with Crippen LogP contribution in [0.1, 0.15) is 0 Å². The van der Waals surface area contributed by atoms with Gasteiger partial charge in [-0.05, 0) is 0 Å². The minimum atomic E-state index is -0.981. The summed E-state index contributed by atoms with van der Waals surface area (Å²) >= 11 is 0. The quantitative estimate of drug-likeness (QED) is 0.441. The summed E-state index contributed by atoms with van der Waals surface area (Å²) in [6.07, 6.45) is 0. The maximum absolute atomic E-state index is 10.1. The lowest BCUT2D eigenvalue weighted by Gasteiger charge is -2.06. The molecule has 0 radical (unpaired) electrons. The lowest BCUT2D eigenvalue weighted by atomic mass is 10.7. The first-order valence-electron chi connectivity index (χ1n) is 5.50. The van der Waals surface area contributed by atoms with E-state index in [0.717, 1.165) is 0 Å². The lowest BCUT2D eigenvalue weighted by molar-refractivity contribution is -0.142. The van der Waals surface area contributed by atoms with Crippen molar-refractivity contribution in [3.8, 4) is 0 Å². The number of carboxylic acid groups (broad SMARTS) is 1. The van der Waals surface area contributed by atoms with E-state index in [9.17, 15) is 4.79 Å². The molecule has 0 fully saturated rings. The summed E-state index contributed by atoms with van der Waals surface area (Å²) < 4.78 is 20.2. The van der Waals surface area contributed by atoms with Crippen LogP contribution >= 0.6 is 12.4 Å². The average molecular weight is 288 g/mol. The summed E-state index contributed by atoms with van der Waals surface area (Å²) in [5, 5.41) is 8.27. The van der Waals surface area contributed by atoms with Crippen LogP contribution < -0.4 is 5.73 Å². The fraction of sp³-hybridized carbons (Fsp3) is 0.900. The number of carboxylic acids is 1.